The molecular weight excluding hydrogens is 689 g/mol. The van der Waals surface area contributed by atoms with Crippen LogP contribution in [0, 0.1) is 0 Å². The molecule has 0 N–H and O–H groups in total. The third-order valence-electron chi connectivity index (χ3n) is 12.0. The standard InChI is InChI=1S/C56H40O/c1-5-16-37(17-6-1)42-29-31-53-50(33-42)52-36-45(38-18-7-2-8-19-38)35-49(56(52)57-53)44-25-15-24-41(32-44)43-28-30-48-51(34-43)55(40-22-11-4-12-23-40)47-27-14-13-26-46(47)54(48)39-20-9-3-10-21-39/h1-12,15-31,33-36,41H,13-14,32H2. The van der Waals surface area contributed by atoms with Crippen molar-refractivity contribution in [3.63, 3.8) is 0 Å². The molecule has 1 nitrogen and oxygen atoms in total. The molecule has 2 aliphatic rings. The molecule has 0 spiro atoms. The first kappa shape index (κ1) is 33.4. The van der Waals surface area contributed by atoms with Crippen molar-refractivity contribution in [3.8, 4) is 44.5 Å². The first-order chi connectivity index (χ1) is 28.3. The van der Waals surface area contributed by atoms with Gasteiger partial charge in [-0.25, -0.2) is 0 Å². The van der Waals surface area contributed by atoms with Crippen LogP contribution in [0.15, 0.2) is 193 Å². The minimum absolute atomic E-state index is 0.203. The molecule has 11 rings (SSSR count). The van der Waals surface area contributed by atoms with Gasteiger partial charge in [0.1, 0.15) is 11.2 Å². The fourth-order valence-electron chi connectivity index (χ4n) is 9.32. The Kier molecular flexibility index (Phi) is 8.18. The van der Waals surface area contributed by atoms with Gasteiger partial charge in [-0.1, -0.05) is 170 Å². The summed E-state index contributed by atoms with van der Waals surface area (Å²) in [5.74, 6) is 0.203. The average Bonchev–Trinajstić information content (AvgIpc) is 3.67. The Morgan fingerprint density at radius 1 is 0.439 bits per heavy atom. The number of allylic oxidation sites excluding steroid dienone is 4. The van der Waals surface area contributed by atoms with Gasteiger partial charge in [-0.15, -0.1) is 0 Å². The monoisotopic (exact) mass is 728 g/mol. The van der Waals surface area contributed by atoms with Crippen molar-refractivity contribution < 1.29 is 4.42 Å². The van der Waals surface area contributed by atoms with Gasteiger partial charge in [0.25, 0.3) is 0 Å². The highest BCUT2D eigenvalue weighted by Gasteiger charge is 2.23. The highest BCUT2D eigenvalue weighted by Crippen LogP contribution is 2.44. The van der Waals surface area contributed by atoms with E-state index < -0.39 is 0 Å². The van der Waals surface area contributed by atoms with Gasteiger partial charge >= 0.3 is 0 Å². The second kappa shape index (κ2) is 14.0. The molecule has 1 unspecified atom stereocenters. The van der Waals surface area contributed by atoms with Crippen molar-refractivity contribution in [3.05, 3.63) is 210 Å². The zero-order valence-electron chi connectivity index (χ0n) is 31.7. The highest BCUT2D eigenvalue weighted by atomic mass is 16.3. The smallest absolute Gasteiger partial charge is 0.142 e. The summed E-state index contributed by atoms with van der Waals surface area (Å²) in [7, 11) is 0. The molecule has 0 amide bonds. The van der Waals surface area contributed by atoms with E-state index >= 15 is 0 Å². The number of fused-ring (bicyclic) bond motifs is 5. The van der Waals surface area contributed by atoms with Gasteiger partial charge in [0.2, 0.25) is 0 Å². The van der Waals surface area contributed by atoms with Crippen LogP contribution in [-0.2, 0) is 0 Å². The summed E-state index contributed by atoms with van der Waals surface area (Å²) in [6, 6.07) is 61.9. The fraction of sp³-hybridized carbons (Fsp3) is 0.0714. The maximum Gasteiger partial charge on any atom is 0.142 e. The zero-order chi connectivity index (χ0) is 37.7. The number of hydrogen-bond acceptors (Lipinski definition) is 1. The highest BCUT2D eigenvalue weighted by molar-refractivity contribution is 6.11. The second-order valence-corrected chi connectivity index (χ2v) is 15.4. The lowest BCUT2D eigenvalue weighted by molar-refractivity contribution is 0.667. The summed E-state index contributed by atoms with van der Waals surface area (Å²) in [6.45, 7) is 0. The minimum atomic E-state index is 0.203. The first-order valence-corrected chi connectivity index (χ1v) is 20.2. The van der Waals surface area contributed by atoms with Gasteiger partial charge in [0.15, 0.2) is 0 Å². The van der Waals surface area contributed by atoms with Gasteiger partial charge in [-0.2, -0.15) is 0 Å². The summed E-state index contributed by atoms with van der Waals surface area (Å²) in [5.41, 5.74) is 15.6. The largest absolute Gasteiger partial charge is 0.455 e. The van der Waals surface area contributed by atoms with E-state index in [1.807, 2.05) is 0 Å². The number of furan rings is 1. The lowest BCUT2D eigenvalue weighted by Gasteiger charge is -2.22. The molecule has 270 valence electrons. The SMILES string of the molecule is C1=CC(c2ccc3c(-c4ccccc4)c4c(c(-c5ccccc5)c3c2)=CCCC=4)CC(c2cc(-c3ccccc3)cc3c2oc2ccc(-c4ccccc4)cc23)=C1. The van der Waals surface area contributed by atoms with Crippen molar-refractivity contribution in [2.24, 2.45) is 0 Å². The Balaban J connectivity index is 1.07. The van der Waals surface area contributed by atoms with E-state index in [9.17, 15) is 0 Å². The predicted molar refractivity (Wildman–Crippen MR) is 241 cm³/mol. The van der Waals surface area contributed by atoms with E-state index in [1.165, 1.54) is 76.9 Å². The van der Waals surface area contributed by atoms with Crippen LogP contribution in [0.1, 0.15) is 36.3 Å². The van der Waals surface area contributed by atoms with Crippen LogP contribution in [0.25, 0.3) is 94.9 Å². The van der Waals surface area contributed by atoms with Crippen LogP contribution in [0.3, 0.4) is 0 Å². The Morgan fingerprint density at radius 2 is 1.02 bits per heavy atom. The fourth-order valence-corrected chi connectivity index (χ4v) is 9.32. The maximum atomic E-state index is 6.82. The molecule has 0 aliphatic heterocycles. The van der Waals surface area contributed by atoms with Gasteiger partial charge in [-0.3, -0.25) is 0 Å². The quantitative estimate of drug-likeness (QED) is 0.166. The number of hydrogen-bond donors (Lipinski definition) is 0. The summed E-state index contributed by atoms with van der Waals surface area (Å²) in [6.07, 6.45) is 14.9. The van der Waals surface area contributed by atoms with Crippen molar-refractivity contribution in [2.45, 2.75) is 25.2 Å². The van der Waals surface area contributed by atoms with Gasteiger partial charge in [0.05, 0.1) is 0 Å². The van der Waals surface area contributed by atoms with E-state index in [0.29, 0.717) is 0 Å². The molecule has 0 saturated heterocycles. The topological polar surface area (TPSA) is 13.1 Å². The van der Waals surface area contributed by atoms with E-state index in [4.69, 9.17) is 4.42 Å². The molecule has 57 heavy (non-hydrogen) atoms. The van der Waals surface area contributed by atoms with Crippen LogP contribution in [0.5, 0.6) is 0 Å². The van der Waals surface area contributed by atoms with Crippen molar-refractivity contribution in [1.82, 2.24) is 0 Å². The first-order valence-electron chi connectivity index (χ1n) is 20.2. The van der Waals surface area contributed by atoms with Crippen molar-refractivity contribution in [2.75, 3.05) is 0 Å². The summed E-state index contributed by atoms with van der Waals surface area (Å²) < 4.78 is 6.82. The summed E-state index contributed by atoms with van der Waals surface area (Å²) >= 11 is 0. The minimum Gasteiger partial charge on any atom is -0.455 e. The molecule has 9 aromatic rings. The van der Waals surface area contributed by atoms with Crippen molar-refractivity contribution >= 4 is 50.4 Å². The summed E-state index contributed by atoms with van der Waals surface area (Å²) in [4.78, 5) is 0. The zero-order valence-corrected chi connectivity index (χ0v) is 31.7. The van der Waals surface area contributed by atoms with Gasteiger partial charge in [-0.05, 0) is 126 Å². The third-order valence-corrected chi connectivity index (χ3v) is 12.0. The van der Waals surface area contributed by atoms with E-state index in [1.54, 1.807) is 0 Å². The van der Waals surface area contributed by atoms with Crippen LogP contribution >= 0.6 is 0 Å². The van der Waals surface area contributed by atoms with E-state index in [2.05, 4.69) is 200 Å². The Hall–Kier alpha value is -6.96. The van der Waals surface area contributed by atoms with Crippen LogP contribution in [0.4, 0.5) is 0 Å². The molecule has 1 aromatic heterocycles. The number of rotatable bonds is 6. The maximum absolute atomic E-state index is 6.82. The third kappa shape index (κ3) is 5.86. The molecule has 8 aromatic carbocycles. The lowest BCUT2D eigenvalue weighted by atomic mass is 9.81. The molecule has 0 fully saturated rings. The molecule has 1 atom stereocenters. The van der Waals surface area contributed by atoms with E-state index in [0.717, 1.165) is 46.8 Å². The average molecular weight is 729 g/mol. The van der Waals surface area contributed by atoms with Gasteiger partial charge in [0, 0.05) is 22.3 Å². The molecule has 2 aliphatic carbocycles. The lowest BCUT2D eigenvalue weighted by Crippen LogP contribution is -2.31. The summed E-state index contributed by atoms with van der Waals surface area (Å²) in [5, 5.41) is 7.62. The molecule has 0 radical (unpaired) electrons. The van der Waals surface area contributed by atoms with Crippen LogP contribution in [0.2, 0.25) is 0 Å². The Morgan fingerprint density at radius 3 is 1.67 bits per heavy atom. The molecule has 0 saturated carbocycles. The van der Waals surface area contributed by atoms with Gasteiger partial charge < -0.3 is 4.42 Å². The molecule has 0 bridgehead atoms. The number of benzene rings is 8. The Labute approximate surface area is 332 Å². The molecule has 1 heteroatoms. The normalized spacial score (nSPS) is 14.9. The predicted octanol–water partition coefficient (Wildman–Crippen LogP) is 13.9. The Bertz CT molecular complexity index is 3170. The van der Waals surface area contributed by atoms with Crippen LogP contribution in [-0.4, -0.2) is 0 Å². The molecule has 1 heterocycles. The van der Waals surface area contributed by atoms with E-state index in [-0.39, 0.29) is 5.92 Å². The van der Waals surface area contributed by atoms with Crippen molar-refractivity contribution in [1.29, 1.82) is 0 Å². The van der Waals surface area contributed by atoms with Crippen LogP contribution < -0.4 is 10.4 Å². The second-order valence-electron chi connectivity index (χ2n) is 15.4. The molecular formula is C56H40O.